The summed E-state index contributed by atoms with van der Waals surface area (Å²) >= 11 is 0. The first-order chi connectivity index (χ1) is 15.0. The van der Waals surface area contributed by atoms with Crippen molar-refractivity contribution in [3.63, 3.8) is 0 Å². The molecule has 0 heterocycles. The van der Waals surface area contributed by atoms with Crippen LogP contribution in [0.2, 0.25) is 0 Å². The number of nitrogens with one attached hydrogen (secondary N) is 1. The van der Waals surface area contributed by atoms with E-state index in [0.29, 0.717) is 12.3 Å². The molecular formula is C27H38N2O3. The smallest absolute Gasteiger partial charge is 0.261 e. The van der Waals surface area contributed by atoms with Gasteiger partial charge in [-0.1, -0.05) is 70.2 Å². The maximum absolute atomic E-state index is 13.3. The Morgan fingerprint density at radius 1 is 1.03 bits per heavy atom. The topological polar surface area (TPSA) is 58.6 Å². The summed E-state index contributed by atoms with van der Waals surface area (Å²) in [6.07, 6.45) is 0.830. The number of carbonyl (C=O) groups is 2. The van der Waals surface area contributed by atoms with E-state index in [1.807, 2.05) is 69.3 Å². The van der Waals surface area contributed by atoms with Crippen molar-refractivity contribution in [2.45, 2.75) is 78.9 Å². The molecule has 174 valence electrons. The Balaban J connectivity index is 2.24. The van der Waals surface area contributed by atoms with Gasteiger partial charge in [0.15, 0.2) is 6.61 Å². The number of amides is 2. The molecule has 0 radical (unpaired) electrons. The minimum absolute atomic E-state index is 0.0512. The Bertz CT molecular complexity index is 917. The summed E-state index contributed by atoms with van der Waals surface area (Å²) in [5, 5.41) is 2.99. The average molecular weight is 439 g/mol. The van der Waals surface area contributed by atoms with Gasteiger partial charge in [-0.15, -0.1) is 0 Å². The van der Waals surface area contributed by atoms with Gasteiger partial charge in [-0.05, 0) is 55.4 Å². The number of ether oxygens (including phenoxy) is 1. The molecule has 2 aromatic carbocycles. The van der Waals surface area contributed by atoms with Gasteiger partial charge in [0.2, 0.25) is 5.91 Å². The third-order valence-electron chi connectivity index (χ3n) is 5.82. The largest absolute Gasteiger partial charge is 0.483 e. The van der Waals surface area contributed by atoms with Crippen LogP contribution in [0, 0.1) is 6.92 Å². The number of benzene rings is 2. The van der Waals surface area contributed by atoms with Crippen LogP contribution in [0.15, 0.2) is 48.5 Å². The maximum atomic E-state index is 13.3. The van der Waals surface area contributed by atoms with E-state index >= 15 is 0 Å². The quantitative estimate of drug-likeness (QED) is 0.599. The summed E-state index contributed by atoms with van der Waals surface area (Å²) in [5.41, 5.74) is 3.03. The highest BCUT2D eigenvalue weighted by Crippen LogP contribution is 2.31. The van der Waals surface area contributed by atoms with Crippen LogP contribution in [0.1, 0.15) is 64.7 Å². The molecule has 1 N–H and O–H groups in total. The van der Waals surface area contributed by atoms with Gasteiger partial charge < -0.3 is 15.0 Å². The van der Waals surface area contributed by atoms with Crippen LogP contribution in [0.5, 0.6) is 5.75 Å². The van der Waals surface area contributed by atoms with E-state index in [2.05, 4.69) is 26.1 Å². The lowest BCUT2D eigenvalue weighted by molar-refractivity contribution is -0.142. The van der Waals surface area contributed by atoms with Gasteiger partial charge in [0.25, 0.3) is 5.91 Å². The number of hydrogen-bond donors (Lipinski definition) is 1. The maximum Gasteiger partial charge on any atom is 0.261 e. The predicted octanol–water partition coefficient (Wildman–Crippen LogP) is 5.00. The predicted molar refractivity (Wildman–Crippen MR) is 130 cm³/mol. The van der Waals surface area contributed by atoms with Gasteiger partial charge in [-0.25, -0.2) is 0 Å². The van der Waals surface area contributed by atoms with Crippen LogP contribution in [0.4, 0.5) is 0 Å². The molecule has 5 heteroatoms. The minimum atomic E-state index is -0.613. The Hall–Kier alpha value is -2.82. The molecule has 2 atom stereocenters. The Morgan fingerprint density at radius 2 is 1.66 bits per heavy atom. The van der Waals surface area contributed by atoms with Crippen molar-refractivity contribution in [2.24, 2.45) is 0 Å². The summed E-state index contributed by atoms with van der Waals surface area (Å²) < 4.78 is 5.98. The molecule has 2 rings (SSSR count). The lowest BCUT2D eigenvalue weighted by atomic mass is 9.86. The molecule has 0 aliphatic heterocycles. The molecule has 2 amide bonds. The summed E-state index contributed by atoms with van der Waals surface area (Å²) in [5.74, 6) is 0.320. The lowest BCUT2D eigenvalue weighted by Gasteiger charge is -2.30. The second-order valence-corrected chi connectivity index (χ2v) is 9.48. The highest BCUT2D eigenvalue weighted by Gasteiger charge is 2.28. The van der Waals surface area contributed by atoms with Crippen molar-refractivity contribution in [1.29, 1.82) is 0 Å². The lowest BCUT2D eigenvalue weighted by Crippen LogP contribution is -2.50. The molecule has 0 aliphatic carbocycles. The van der Waals surface area contributed by atoms with Crippen LogP contribution in [0.25, 0.3) is 0 Å². The number of carbonyl (C=O) groups excluding carboxylic acids is 2. The normalized spacial score (nSPS) is 13.2. The SMILES string of the molecule is CCC(C)NC(=O)C(C)N(Cc1ccccc1C)C(=O)COc1ccccc1C(C)(C)C. The summed E-state index contributed by atoms with van der Waals surface area (Å²) in [6, 6.07) is 15.1. The highest BCUT2D eigenvalue weighted by molar-refractivity contribution is 5.88. The standard InChI is InChI=1S/C27H38N2O3/c1-8-20(3)28-26(31)21(4)29(17-22-14-10-9-13-19(22)2)25(30)18-32-24-16-12-11-15-23(24)27(5,6)7/h9-16,20-21H,8,17-18H2,1-7H3,(H,28,31). The first-order valence-electron chi connectivity index (χ1n) is 11.4. The molecule has 2 unspecified atom stereocenters. The summed E-state index contributed by atoms with van der Waals surface area (Å²) in [4.78, 5) is 27.8. The molecule has 0 fully saturated rings. The van der Waals surface area contributed by atoms with Crippen molar-refractivity contribution in [2.75, 3.05) is 6.61 Å². The molecule has 0 saturated carbocycles. The van der Waals surface area contributed by atoms with Crippen LogP contribution < -0.4 is 10.1 Å². The summed E-state index contributed by atoms with van der Waals surface area (Å²) in [7, 11) is 0. The van der Waals surface area contributed by atoms with Gasteiger partial charge >= 0.3 is 0 Å². The molecule has 0 bridgehead atoms. The number of para-hydroxylation sites is 1. The average Bonchev–Trinajstić information content (AvgIpc) is 2.75. The Morgan fingerprint density at radius 3 is 2.28 bits per heavy atom. The first-order valence-corrected chi connectivity index (χ1v) is 11.4. The fraction of sp³-hybridized carbons (Fsp3) is 0.481. The minimum Gasteiger partial charge on any atom is -0.483 e. The van der Waals surface area contributed by atoms with Crippen molar-refractivity contribution in [1.82, 2.24) is 10.2 Å². The van der Waals surface area contributed by atoms with E-state index in [0.717, 1.165) is 23.1 Å². The second kappa shape index (κ2) is 11.2. The van der Waals surface area contributed by atoms with Crippen molar-refractivity contribution < 1.29 is 14.3 Å². The molecule has 2 aromatic rings. The molecule has 0 spiro atoms. The highest BCUT2D eigenvalue weighted by atomic mass is 16.5. The third kappa shape index (κ3) is 6.84. The van der Waals surface area contributed by atoms with E-state index in [4.69, 9.17) is 4.74 Å². The van der Waals surface area contributed by atoms with Crippen LogP contribution in [-0.4, -0.2) is 35.4 Å². The summed E-state index contributed by atoms with van der Waals surface area (Å²) in [6.45, 7) is 14.3. The van der Waals surface area contributed by atoms with Crippen LogP contribution in [-0.2, 0) is 21.5 Å². The van der Waals surface area contributed by atoms with Crippen molar-refractivity contribution in [3.8, 4) is 5.75 Å². The van der Waals surface area contributed by atoms with Gasteiger partial charge in [-0.3, -0.25) is 9.59 Å². The molecule has 0 aromatic heterocycles. The van der Waals surface area contributed by atoms with Crippen molar-refractivity contribution >= 4 is 11.8 Å². The van der Waals surface area contributed by atoms with Gasteiger partial charge in [0.1, 0.15) is 11.8 Å². The first kappa shape index (κ1) is 25.4. The van der Waals surface area contributed by atoms with E-state index in [1.54, 1.807) is 11.8 Å². The molecular weight excluding hydrogens is 400 g/mol. The molecule has 5 nitrogen and oxygen atoms in total. The zero-order valence-electron chi connectivity index (χ0n) is 20.6. The fourth-order valence-electron chi connectivity index (χ4n) is 3.45. The molecule has 32 heavy (non-hydrogen) atoms. The number of nitrogens with zero attached hydrogens (tertiary/aromatic N) is 1. The second-order valence-electron chi connectivity index (χ2n) is 9.48. The van der Waals surface area contributed by atoms with Crippen LogP contribution >= 0.6 is 0 Å². The van der Waals surface area contributed by atoms with Gasteiger partial charge in [-0.2, -0.15) is 0 Å². The van der Waals surface area contributed by atoms with Gasteiger partial charge in [0.05, 0.1) is 0 Å². The number of hydrogen-bond acceptors (Lipinski definition) is 3. The Labute approximate surface area is 193 Å². The third-order valence-corrected chi connectivity index (χ3v) is 5.82. The van der Waals surface area contributed by atoms with Crippen LogP contribution in [0.3, 0.4) is 0 Å². The Kier molecular flexibility index (Phi) is 8.88. The van der Waals surface area contributed by atoms with E-state index < -0.39 is 6.04 Å². The zero-order chi connectivity index (χ0) is 23.9. The monoisotopic (exact) mass is 438 g/mol. The van der Waals surface area contributed by atoms with E-state index in [-0.39, 0.29) is 29.9 Å². The number of rotatable bonds is 9. The fourth-order valence-corrected chi connectivity index (χ4v) is 3.45. The zero-order valence-corrected chi connectivity index (χ0v) is 20.6. The van der Waals surface area contributed by atoms with Crippen molar-refractivity contribution in [3.05, 3.63) is 65.2 Å². The molecule has 0 saturated heterocycles. The van der Waals surface area contributed by atoms with E-state index in [9.17, 15) is 9.59 Å². The van der Waals surface area contributed by atoms with E-state index in [1.165, 1.54) is 0 Å². The number of aryl methyl sites for hydroxylation is 1. The van der Waals surface area contributed by atoms with Gasteiger partial charge in [0, 0.05) is 12.6 Å². The molecule has 0 aliphatic rings.